The van der Waals surface area contributed by atoms with E-state index in [9.17, 15) is 19.5 Å². The van der Waals surface area contributed by atoms with Gasteiger partial charge in [-0.05, 0) is 32.6 Å². The van der Waals surface area contributed by atoms with Crippen LogP contribution in [0.25, 0.3) is 0 Å². The molecule has 3 amide bonds. The predicted molar refractivity (Wildman–Crippen MR) is 130 cm³/mol. The fourth-order valence-electron chi connectivity index (χ4n) is 6.62. The minimum absolute atomic E-state index is 0.0204. The maximum atomic E-state index is 14.1. The molecule has 34 heavy (non-hydrogen) atoms. The van der Waals surface area contributed by atoms with Crippen molar-refractivity contribution in [2.24, 2.45) is 17.8 Å². The van der Waals surface area contributed by atoms with Crippen LogP contribution < -0.4 is 0 Å². The van der Waals surface area contributed by atoms with Crippen molar-refractivity contribution in [3.05, 3.63) is 25.3 Å². The lowest BCUT2D eigenvalue weighted by atomic mass is 9.62. The number of amides is 3. The number of carbonyl (C=O) groups excluding carboxylic acids is 3. The average Bonchev–Trinajstić information content (AvgIpc) is 3.29. The van der Waals surface area contributed by atoms with Crippen LogP contribution in [0.5, 0.6) is 0 Å². The number of nitrogens with zero attached hydrogens (tertiary/aromatic N) is 3. The Morgan fingerprint density at radius 2 is 1.94 bits per heavy atom. The van der Waals surface area contributed by atoms with Gasteiger partial charge in [0.15, 0.2) is 0 Å². The number of β-amino-alcohol motifs (C(OH)–C–C–N with tert-alkyl or cyclic N) is 1. The number of likely N-dealkylation sites (tertiary alicyclic amines) is 1. The van der Waals surface area contributed by atoms with Crippen LogP contribution in [0.2, 0.25) is 0 Å². The maximum Gasteiger partial charge on any atom is 0.248 e. The number of ether oxygens (including phenoxy) is 1. The molecule has 3 aliphatic rings. The highest BCUT2D eigenvalue weighted by atomic mass is 16.5. The number of hydrogen-bond donors (Lipinski definition) is 1. The Morgan fingerprint density at radius 1 is 1.29 bits per heavy atom. The van der Waals surface area contributed by atoms with Crippen LogP contribution in [0.4, 0.5) is 0 Å². The van der Waals surface area contributed by atoms with Crippen molar-refractivity contribution in [1.82, 2.24) is 14.7 Å². The molecular weight excluding hydrogens is 434 g/mol. The van der Waals surface area contributed by atoms with Crippen molar-refractivity contribution in [2.45, 2.75) is 70.2 Å². The van der Waals surface area contributed by atoms with Gasteiger partial charge in [0.1, 0.15) is 11.6 Å². The highest BCUT2D eigenvalue weighted by molar-refractivity contribution is 5.99. The van der Waals surface area contributed by atoms with E-state index in [-0.39, 0.29) is 42.8 Å². The number of likely N-dealkylation sites (N-methyl/N-ethyl adjacent to an activating group) is 1. The maximum absolute atomic E-state index is 14.1. The standard InChI is InChI=1S/C26H41N3O5/c1-8-11-18(5)28(13-10-3)24(33)21-26-16-17(4)25(6,34-26)19(22(31)27(7)12-9-2)20(26)23(32)29(21)14-15-30/h9-10,17-21,30H,2-3,8,11-16H2,1,4-7H3/t17?,18?,19-,20-,21?,25+,26?/m0/s1. The minimum Gasteiger partial charge on any atom is -0.395 e. The highest BCUT2D eigenvalue weighted by Gasteiger charge is 2.80. The molecule has 190 valence electrons. The van der Waals surface area contributed by atoms with Gasteiger partial charge in [-0.15, -0.1) is 13.2 Å². The molecule has 1 N–H and O–H groups in total. The first-order valence-electron chi connectivity index (χ1n) is 12.4. The van der Waals surface area contributed by atoms with E-state index < -0.39 is 29.1 Å². The van der Waals surface area contributed by atoms with Gasteiger partial charge in [0.05, 0.1) is 24.0 Å². The number of hydrogen-bond acceptors (Lipinski definition) is 5. The molecule has 2 bridgehead atoms. The van der Waals surface area contributed by atoms with E-state index in [0.717, 1.165) is 12.8 Å². The summed E-state index contributed by atoms with van der Waals surface area (Å²) in [6.07, 6.45) is 5.59. The second-order valence-corrected chi connectivity index (χ2v) is 10.4. The van der Waals surface area contributed by atoms with Gasteiger partial charge >= 0.3 is 0 Å². The van der Waals surface area contributed by atoms with Crippen molar-refractivity contribution >= 4 is 17.7 Å². The molecule has 3 heterocycles. The molecule has 0 saturated carbocycles. The van der Waals surface area contributed by atoms with Gasteiger partial charge in [0.2, 0.25) is 17.7 Å². The summed E-state index contributed by atoms with van der Waals surface area (Å²) in [5.41, 5.74) is -1.95. The van der Waals surface area contributed by atoms with E-state index >= 15 is 0 Å². The van der Waals surface area contributed by atoms with E-state index in [1.54, 1.807) is 29.0 Å². The summed E-state index contributed by atoms with van der Waals surface area (Å²) in [5, 5.41) is 9.78. The van der Waals surface area contributed by atoms with Gasteiger partial charge in [-0.1, -0.05) is 32.4 Å². The lowest BCUT2D eigenvalue weighted by molar-refractivity contribution is -0.155. The zero-order chi connectivity index (χ0) is 25.4. The van der Waals surface area contributed by atoms with Crippen LogP contribution in [-0.2, 0) is 19.1 Å². The summed E-state index contributed by atoms with van der Waals surface area (Å²) in [6.45, 7) is 16.0. The molecule has 3 aliphatic heterocycles. The normalized spacial score (nSPS) is 34.6. The van der Waals surface area contributed by atoms with E-state index in [0.29, 0.717) is 19.5 Å². The fourth-order valence-corrected chi connectivity index (χ4v) is 6.62. The Bertz CT molecular complexity index is 846. The molecule has 8 heteroatoms. The Balaban J connectivity index is 2.11. The fraction of sp³-hybridized carbons (Fsp3) is 0.731. The van der Waals surface area contributed by atoms with Crippen molar-refractivity contribution in [3.8, 4) is 0 Å². The van der Waals surface area contributed by atoms with E-state index in [1.165, 1.54) is 4.90 Å². The van der Waals surface area contributed by atoms with Crippen LogP contribution >= 0.6 is 0 Å². The molecule has 1 spiro atoms. The van der Waals surface area contributed by atoms with E-state index in [2.05, 4.69) is 20.1 Å². The lowest BCUT2D eigenvalue weighted by Gasteiger charge is -2.39. The van der Waals surface area contributed by atoms with Crippen molar-refractivity contribution in [3.63, 3.8) is 0 Å². The quantitative estimate of drug-likeness (QED) is 0.461. The monoisotopic (exact) mass is 475 g/mol. The zero-order valence-corrected chi connectivity index (χ0v) is 21.3. The third-order valence-corrected chi connectivity index (χ3v) is 8.28. The molecule has 0 aromatic carbocycles. The molecule has 8 nitrogen and oxygen atoms in total. The Labute approximate surface area is 203 Å². The average molecular weight is 476 g/mol. The summed E-state index contributed by atoms with van der Waals surface area (Å²) >= 11 is 0. The molecule has 0 aliphatic carbocycles. The Hall–Kier alpha value is -2.19. The molecule has 3 saturated heterocycles. The highest BCUT2D eigenvalue weighted by Crippen LogP contribution is 2.65. The second-order valence-electron chi connectivity index (χ2n) is 10.4. The summed E-state index contributed by atoms with van der Waals surface area (Å²) in [7, 11) is 1.70. The number of rotatable bonds is 11. The first kappa shape index (κ1) is 26.4. The molecule has 0 aromatic rings. The summed E-state index contributed by atoms with van der Waals surface area (Å²) in [4.78, 5) is 46.4. The first-order valence-corrected chi connectivity index (χ1v) is 12.4. The summed E-state index contributed by atoms with van der Waals surface area (Å²) in [5.74, 6) is -2.14. The van der Waals surface area contributed by atoms with Gasteiger partial charge < -0.3 is 24.5 Å². The summed E-state index contributed by atoms with van der Waals surface area (Å²) < 4.78 is 6.70. The van der Waals surface area contributed by atoms with Gasteiger partial charge in [0, 0.05) is 32.7 Å². The molecular formula is C26H41N3O5. The van der Waals surface area contributed by atoms with E-state index in [1.807, 2.05) is 20.8 Å². The van der Waals surface area contributed by atoms with Gasteiger partial charge in [-0.2, -0.15) is 0 Å². The number of aliphatic hydroxyl groups is 1. The van der Waals surface area contributed by atoms with Gasteiger partial charge in [-0.25, -0.2) is 0 Å². The SMILES string of the molecule is C=CCN(C)C(=O)[C@@H]1[C@H]2C(=O)N(CCO)C(C(=O)N(CC=C)C(C)CCC)C23CC(C)[C@@]1(C)O3. The van der Waals surface area contributed by atoms with Crippen LogP contribution in [0, 0.1) is 17.8 Å². The number of aliphatic hydroxyl groups excluding tert-OH is 1. The van der Waals surface area contributed by atoms with Crippen LogP contribution in [0.15, 0.2) is 25.3 Å². The van der Waals surface area contributed by atoms with Crippen molar-refractivity contribution in [2.75, 3.05) is 33.3 Å². The lowest BCUT2D eigenvalue weighted by Crippen LogP contribution is -2.58. The van der Waals surface area contributed by atoms with Crippen molar-refractivity contribution < 1.29 is 24.2 Å². The van der Waals surface area contributed by atoms with Gasteiger partial charge in [0.25, 0.3) is 0 Å². The Kier molecular flexibility index (Phi) is 7.63. The molecule has 3 fully saturated rings. The van der Waals surface area contributed by atoms with Crippen LogP contribution in [0.1, 0.15) is 47.0 Å². The minimum atomic E-state index is -1.10. The van der Waals surface area contributed by atoms with Gasteiger partial charge in [-0.3, -0.25) is 14.4 Å². The smallest absolute Gasteiger partial charge is 0.248 e. The van der Waals surface area contributed by atoms with Crippen LogP contribution in [0.3, 0.4) is 0 Å². The van der Waals surface area contributed by atoms with Crippen molar-refractivity contribution in [1.29, 1.82) is 0 Å². The van der Waals surface area contributed by atoms with E-state index in [4.69, 9.17) is 4.74 Å². The molecule has 3 rings (SSSR count). The molecule has 7 atom stereocenters. The predicted octanol–water partition coefficient (Wildman–Crippen LogP) is 1.84. The topological polar surface area (TPSA) is 90.4 Å². The molecule has 0 radical (unpaired) electrons. The number of fused-ring (bicyclic) bond motifs is 1. The third kappa shape index (κ3) is 3.79. The second kappa shape index (κ2) is 9.82. The first-order chi connectivity index (χ1) is 16.0. The Morgan fingerprint density at radius 3 is 2.50 bits per heavy atom. The van der Waals surface area contributed by atoms with Crippen LogP contribution in [-0.4, -0.2) is 94.1 Å². The summed E-state index contributed by atoms with van der Waals surface area (Å²) in [6, 6.07) is -0.928. The number of carbonyl (C=O) groups is 3. The molecule has 4 unspecified atom stereocenters. The third-order valence-electron chi connectivity index (χ3n) is 8.28. The molecule has 0 aromatic heterocycles. The largest absolute Gasteiger partial charge is 0.395 e. The zero-order valence-electron chi connectivity index (χ0n) is 21.3.